The Morgan fingerprint density at radius 1 is 0.833 bits per heavy atom. The highest BCUT2D eigenvalue weighted by Gasteiger charge is 2.33. The summed E-state index contributed by atoms with van der Waals surface area (Å²) >= 11 is 0. The van der Waals surface area contributed by atoms with E-state index in [0.717, 1.165) is 11.8 Å². The van der Waals surface area contributed by atoms with Gasteiger partial charge in [0.25, 0.3) is 0 Å². The van der Waals surface area contributed by atoms with Gasteiger partial charge in [-0.15, -0.1) is 0 Å². The number of urea groups is 1. The number of aromatic nitrogens is 1. The standard InChI is InChI=1S/C27H23F3N4O2/c28-27(29,30)23-8-4-7-22-24(13-14-31-25(22)23)33-15-17-34(18-16-33)26(35)32-19-9-11-21(12-10-19)36-20-5-2-1-3-6-20/h1-14H,15-18H2,(H,32,35). The number of fused-ring (bicyclic) bond motifs is 1. The van der Waals surface area contributed by atoms with Crippen LogP contribution in [0.4, 0.5) is 29.3 Å². The molecule has 1 aliphatic rings. The maximum absolute atomic E-state index is 13.4. The van der Waals surface area contributed by atoms with Crippen LogP contribution in [0.5, 0.6) is 11.5 Å². The minimum Gasteiger partial charge on any atom is -0.457 e. The van der Waals surface area contributed by atoms with Gasteiger partial charge in [-0.3, -0.25) is 4.98 Å². The molecule has 0 radical (unpaired) electrons. The van der Waals surface area contributed by atoms with Crippen LogP contribution in [0.3, 0.4) is 0 Å². The molecule has 4 aromatic rings. The number of nitrogens with one attached hydrogen (secondary N) is 1. The molecule has 36 heavy (non-hydrogen) atoms. The third-order valence-electron chi connectivity index (χ3n) is 6.05. The maximum Gasteiger partial charge on any atom is 0.418 e. The number of hydrogen-bond donors (Lipinski definition) is 1. The molecule has 0 spiro atoms. The van der Waals surface area contributed by atoms with Gasteiger partial charge < -0.3 is 19.9 Å². The Hall–Kier alpha value is -4.27. The normalized spacial score (nSPS) is 14.1. The molecule has 3 aromatic carbocycles. The molecular formula is C27H23F3N4O2. The lowest BCUT2D eigenvalue weighted by Crippen LogP contribution is -2.50. The summed E-state index contributed by atoms with van der Waals surface area (Å²) in [5.74, 6) is 1.38. The number of alkyl halides is 3. The lowest BCUT2D eigenvalue weighted by atomic mass is 10.1. The lowest BCUT2D eigenvalue weighted by Gasteiger charge is -2.36. The van der Waals surface area contributed by atoms with Gasteiger partial charge in [0.15, 0.2) is 0 Å². The number of para-hydroxylation sites is 2. The van der Waals surface area contributed by atoms with E-state index in [2.05, 4.69) is 10.3 Å². The van der Waals surface area contributed by atoms with E-state index in [-0.39, 0.29) is 11.5 Å². The van der Waals surface area contributed by atoms with Crippen molar-refractivity contribution in [3.63, 3.8) is 0 Å². The first-order valence-electron chi connectivity index (χ1n) is 11.5. The van der Waals surface area contributed by atoms with Crippen molar-refractivity contribution in [2.75, 3.05) is 36.4 Å². The Balaban J connectivity index is 1.21. The molecule has 184 valence electrons. The zero-order valence-electron chi connectivity index (χ0n) is 19.2. The van der Waals surface area contributed by atoms with Crippen LogP contribution in [0, 0.1) is 0 Å². The Kier molecular flexibility index (Phi) is 6.37. The monoisotopic (exact) mass is 492 g/mol. The smallest absolute Gasteiger partial charge is 0.418 e. The number of hydrogen-bond acceptors (Lipinski definition) is 4. The fourth-order valence-corrected chi connectivity index (χ4v) is 4.25. The molecule has 0 aliphatic carbocycles. The first kappa shape index (κ1) is 23.5. The average Bonchev–Trinajstić information content (AvgIpc) is 2.89. The van der Waals surface area contributed by atoms with Crippen molar-refractivity contribution >= 4 is 28.3 Å². The third-order valence-corrected chi connectivity index (χ3v) is 6.05. The number of carbonyl (C=O) groups excluding carboxylic acids is 1. The number of nitrogens with zero attached hydrogens (tertiary/aromatic N) is 3. The number of pyridine rings is 1. The SMILES string of the molecule is O=C(Nc1ccc(Oc2ccccc2)cc1)N1CCN(c2ccnc3c(C(F)(F)F)cccc23)CC1. The van der Waals surface area contributed by atoms with Gasteiger partial charge in [-0.2, -0.15) is 13.2 Å². The molecule has 1 N–H and O–H groups in total. The number of benzene rings is 3. The molecule has 2 heterocycles. The van der Waals surface area contributed by atoms with E-state index in [4.69, 9.17) is 4.74 Å². The zero-order valence-corrected chi connectivity index (χ0v) is 19.2. The molecule has 6 nitrogen and oxygen atoms in total. The van der Waals surface area contributed by atoms with Gasteiger partial charge in [0.2, 0.25) is 0 Å². The number of ether oxygens (including phenoxy) is 1. The van der Waals surface area contributed by atoms with E-state index in [9.17, 15) is 18.0 Å². The Morgan fingerprint density at radius 2 is 1.53 bits per heavy atom. The molecule has 0 bridgehead atoms. The van der Waals surface area contributed by atoms with Gasteiger partial charge >= 0.3 is 12.2 Å². The van der Waals surface area contributed by atoms with E-state index in [0.29, 0.717) is 48.7 Å². The molecule has 1 aliphatic heterocycles. The van der Waals surface area contributed by atoms with Crippen LogP contribution >= 0.6 is 0 Å². The fraction of sp³-hybridized carbons (Fsp3) is 0.185. The van der Waals surface area contributed by atoms with Crippen LogP contribution in [0.25, 0.3) is 10.9 Å². The predicted molar refractivity (Wildman–Crippen MR) is 133 cm³/mol. The van der Waals surface area contributed by atoms with E-state index in [1.807, 2.05) is 35.2 Å². The first-order chi connectivity index (χ1) is 17.4. The molecule has 0 saturated carbocycles. The van der Waals surface area contributed by atoms with Gasteiger partial charge in [-0.1, -0.05) is 30.3 Å². The summed E-state index contributed by atoms with van der Waals surface area (Å²) in [5, 5.41) is 3.34. The van der Waals surface area contributed by atoms with E-state index in [1.54, 1.807) is 41.3 Å². The lowest BCUT2D eigenvalue weighted by molar-refractivity contribution is -0.136. The highest BCUT2D eigenvalue weighted by molar-refractivity contribution is 5.94. The van der Waals surface area contributed by atoms with Crippen LogP contribution in [0.1, 0.15) is 5.56 Å². The molecule has 2 amide bonds. The van der Waals surface area contributed by atoms with Crippen LogP contribution in [-0.2, 0) is 6.18 Å². The van der Waals surface area contributed by atoms with E-state index >= 15 is 0 Å². The van der Waals surface area contributed by atoms with Gasteiger partial charge in [0.05, 0.1) is 11.1 Å². The van der Waals surface area contributed by atoms with Crippen LogP contribution < -0.4 is 15.0 Å². The molecular weight excluding hydrogens is 469 g/mol. The first-order valence-corrected chi connectivity index (χ1v) is 11.5. The van der Waals surface area contributed by atoms with Crippen molar-refractivity contribution in [1.29, 1.82) is 0 Å². The summed E-state index contributed by atoms with van der Waals surface area (Å²) in [7, 11) is 0. The topological polar surface area (TPSA) is 57.7 Å². The van der Waals surface area contributed by atoms with Crippen LogP contribution in [-0.4, -0.2) is 42.1 Å². The van der Waals surface area contributed by atoms with Gasteiger partial charge in [0.1, 0.15) is 11.5 Å². The highest BCUT2D eigenvalue weighted by Crippen LogP contribution is 2.36. The highest BCUT2D eigenvalue weighted by atomic mass is 19.4. The third kappa shape index (κ3) is 5.05. The number of halogens is 3. The second kappa shape index (κ2) is 9.77. The van der Waals surface area contributed by atoms with Crippen LogP contribution in [0.15, 0.2) is 85.1 Å². The molecule has 0 unspecified atom stereocenters. The molecule has 1 saturated heterocycles. The Labute approximate surface area is 205 Å². The maximum atomic E-state index is 13.4. The fourth-order valence-electron chi connectivity index (χ4n) is 4.25. The summed E-state index contributed by atoms with van der Waals surface area (Å²) in [4.78, 5) is 20.5. The predicted octanol–water partition coefficient (Wildman–Crippen LogP) is 6.40. The summed E-state index contributed by atoms with van der Waals surface area (Å²) in [5.41, 5.74) is 0.505. The van der Waals surface area contributed by atoms with Crippen molar-refractivity contribution in [3.8, 4) is 11.5 Å². The van der Waals surface area contributed by atoms with Crippen molar-refractivity contribution in [1.82, 2.24) is 9.88 Å². The molecule has 9 heteroatoms. The summed E-state index contributed by atoms with van der Waals surface area (Å²) in [6.45, 7) is 1.85. The zero-order chi connectivity index (χ0) is 25.1. The second-order valence-corrected chi connectivity index (χ2v) is 8.37. The quantitative estimate of drug-likeness (QED) is 0.358. The molecule has 5 rings (SSSR count). The van der Waals surface area contributed by atoms with Crippen molar-refractivity contribution in [2.24, 2.45) is 0 Å². The summed E-state index contributed by atoms with van der Waals surface area (Å²) in [6.07, 6.45) is -3.08. The Morgan fingerprint density at radius 3 is 2.22 bits per heavy atom. The van der Waals surface area contributed by atoms with Gasteiger partial charge in [0, 0.05) is 49.1 Å². The summed E-state index contributed by atoms with van der Waals surface area (Å²) in [6, 6.07) is 22.1. The largest absolute Gasteiger partial charge is 0.457 e. The number of carbonyl (C=O) groups is 1. The van der Waals surface area contributed by atoms with Gasteiger partial charge in [-0.25, -0.2) is 4.79 Å². The molecule has 1 aromatic heterocycles. The molecule has 0 atom stereocenters. The van der Waals surface area contributed by atoms with Crippen molar-refractivity contribution < 1.29 is 22.7 Å². The van der Waals surface area contributed by atoms with Crippen molar-refractivity contribution in [2.45, 2.75) is 6.18 Å². The minimum absolute atomic E-state index is 0.0673. The van der Waals surface area contributed by atoms with E-state index in [1.165, 1.54) is 12.3 Å². The minimum atomic E-state index is -4.48. The Bertz CT molecular complexity index is 1350. The number of anilines is 2. The molecule has 1 fully saturated rings. The summed E-state index contributed by atoms with van der Waals surface area (Å²) < 4.78 is 46.0. The number of rotatable bonds is 4. The van der Waals surface area contributed by atoms with E-state index < -0.39 is 11.7 Å². The number of amides is 2. The van der Waals surface area contributed by atoms with Crippen molar-refractivity contribution in [3.05, 3.63) is 90.6 Å². The number of piperazine rings is 1. The average molecular weight is 493 g/mol. The van der Waals surface area contributed by atoms with Gasteiger partial charge in [-0.05, 0) is 48.5 Å². The second-order valence-electron chi connectivity index (χ2n) is 8.37. The van der Waals surface area contributed by atoms with Crippen LogP contribution in [0.2, 0.25) is 0 Å².